The Morgan fingerprint density at radius 2 is 2.42 bits per heavy atom. The van der Waals surface area contributed by atoms with E-state index in [1.807, 2.05) is 13.0 Å². The van der Waals surface area contributed by atoms with Crippen LogP contribution in [0.4, 0.5) is 0 Å². The third kappa shape index (κ3) is 3.14. The number of hydrogen-bond acceptors (Lipinski definition) is 4. The van der Waals surface area contributed by atoms with E-state index in [2.05, 4.69) is 27.8 Å². The van der Waals surface area contributed by atoms with Gasteiger partial charge in [0.05, 0.1) is 0 Å². The molecule has 2 N–H and O–H groups in total. The average Bonchev–Trinajstić information content (AvgIpc) is 3.02. The fourth-order valence-electron chi connectivity index (χ4n) is 2.71. The molecule has 1 unspecified atom stereocenters. The monoisotopic (exact) mass is 259 g/mol. The highest BCUT2D eigenvalue weighted by molar-refractivity contribution is 5.73. The van der Waals surface area contributed by atoms with Crippen LogP contribution in [0.25, 0.3) is 11.1 Å². The van der Waals surface area contributed by atoms with E-state index >= 15 is 0 Å². The number of aryl methyl sites for hydroxylation is 1. The molecule has 0 radical (unpaired) electrons. The SMILES string of the molecule is Cc1nc2ccc(CNCCC3CCCN3)cc2o1. The first kappa shape index (κ1) is 12.6. The molecule has 3 rings (SSSR count). The topological polar surface area (TPSA) is 50.1 Å². The van der Waals surface area contributed by atoms with Crippen molar-refractivity contribution in [1.82, 2.24) is 15.6 Å². The molecule has 4 nitrogen and oxygen atoms in total. The zero-order valence-electron chi connectivity index (χ0n) is 11.4. The lowest BCUT2D eigenvalue weighted by Gasteiger charge is -2.10. The summed E-state index contributed by atoms with van der Waals surface area (Å²) in [6.07, 6.45) is 3.86. The Morgan fingerprint density at radius 1 is 1.47 bits per heavy atom. The van der Waals surface area contributed by atoms with E-state index in [0.717, 1.165) is 30.1 Å². The molecule has 0 saturated carbocycles. The Balaban J connectivity index is 1.50. The van der Waals surface area contributed by atoms with Crippen molar-refractivity contribution in [1.29, 1.82) is 0 Å². The number of rotatable bonds is 5. The molecule has 1 saturated heterocycles. The van der Waals surface area contributed by atoms with Gasteiger partial charge in [-0.2, -0.15) is 0 Å². The molecule has 2 heterocycles. The number of aromatic nitrogens is 1. The number of nitrogens with one attached hydrogen (secondary N) is 2. The van der Waals surface area contributed by atoms with Gasteiger partial charge in [-0.1, -0.05) is 6.07 Å². The molecule has 0 spiro atoms. The summed E-state index contributed by atoms with van der Waals surface area (Å²) < 4.78 is 5.55. The second kappa shape index (κ2) is 5.72. The van der Waals surface area contributed by atoms with Crippen molar-refractivity contribution in [2.75, 3.05) is 13.1 Å². The number of benzene rings is 1. The summed E-state index contributed by atoms with van der Waals surface area (Å²) in [5.41, 5.74) is 3.08. The Hall–Kier alpha value is -1.39. The van der Waals surface area contributed by atoms with Gasteiger partial charge in [0.25, 0.3) is 0 Å². The molecule has 1 atom stereocenters. The predicted molar refractivity (Wildman–Crippen MR) is 76.1 cm³/mol. The third-order valence-corrected chi connectivity index (χ3v) is 3.72. The molecule has 1 aromatic carbocycles. The fraction of sp³-hybridized carbons (Fsp3) is 0.533. The molecule has 1 aliphatic rings. The van der Waals surface area contributed by atoms with E-state index in [1.165, 1.54) is 31.4 Å². The quantitative estimate of drug-likeness (QED) is 0.809. The maximum absolute atomic E-state index is 5.55. The number of nitrogens with zero attached hydrogens (tertiary/aromatic N) is 1. The standard InChI is InChI=1S/C15H21N3O/c1-11-18-14-5-4-12(9-15(14)19-11)10-16-8-6-13-3-2-7-17-13/h4-5,9,13,16-17H,2-3,6-8,10H2,1H3. The zero-order chi connectivity index (χ0) is 13.1. The summed E-state index contributed by atoms with van der Waals surface area (Å²) in [6, 6.07) is 6.94. The predicted octanol–water partition coefficient (Wildman–Crippen LogP) is 2.37. The maximum Gasteiger partial charge on any atom is 0.192 e. The number of oxazole rings is 1. The van der Waals surface area contributed by atoms with Gasteiger partial charge >= 0.3 is 0 Å². The second-order valence-electron chi connectivity index (χ2n) is 5.29. The van der Waals surface area contributed by atoms with Crippen molar-refractivity contribution in [2.45, 2.75) is 38.8 Å². The first-order chi connectivity index (χ1) is 9.31. The highest BCUT2D eigenvalue weighted by Crippen LogP contribution is 2.16. The van der Waals surface area contributed by atoms with Crippen LogP contribution >= 0.6 is 0 Å². The Labute approximate surface area is 113 Å². The molecule has 4 heteroatoms. The smallest absolute Gasteiger partial charge is 0.192 e. The summed E-state index contributed by atoms with van der Waals surface area (Å²) in [6.45, 7) is 5.02. The van der Waals surface area contributed by atoms with Crippen LogP contribution in [0.1, 0.15) is 30.7 Å². The lowest BCUT2D eigenvalue weighted by Crippen LogP contribution is -2.26. The Morgan fingerprint density at radius 3 is 3.26 bits per heavy atom. The van der Waals surface area contributed by atoms with Crippen molar-refractivity contribution < 1.29 is 4.42 Å². The average molecular weight is 259 g/mol. The maximum atomic E-state index is 5.55. The van der Waals surface area contributed by atoms with Crippen LogP contribution in [0.2, 0.25) is 0 Å². The molecule has 19 heavy (non-hydrogen) atoms. The van der Waals surface area contributed by atoms with Gasteiger partial charge in [-0.25, -0.2) is 4.98 Å². The van der Waals surface area contributed by atoms with E-state index in [1.54, 1.807) is 0 Å². The first-order valence-corrected chi connectivity index (χ1v) is 7.11. The molecule has 1 aliphatic heterocycles. The molecule has 1 aromatic heterocycles. The molecule has 0 bridgehead atoms. The second-order valence-corrected chi connectivity index (χ2v) is 5.29. The van der Waals surface area contributed by atoms with Gasteiger partial charge in [0.15, 0.2) is 11.5 Å². The van der Waals surface area contributed by atoms with Gasteiger partial charge in [0.2, 0.25) is 0 Å². The third-order valence-electron chi connectivity index (χ3n) is 3.72. The van der Waals surface area contributed by atoms with Crippen molar-refractivity contribution in [3.05, 3.63) is 29.7 Å². The summed E-state index contributed by atoms with van der Waals surface area (Å²) in [5.74, 6) is 0.729. The largest absolute Gasteiger partial charge is 0.441 e. The van der Waals surface area contributed by atoms with Crippen molar-refractivity contribution in [3.8, 4) is 0 Å². The Bertz CT molecular complexity index is 543. The van der Waals surface area contributed by atoms with E-state index in [0.29, 0.717) is 6.04 Å². The van der Waals surface area contributed by atoms with Crippen molar-refractivity contribution in [3.63, 3.8) is 0 Å². The molecule has 102 valence electrons. The lowest BCUT2D eigenvalue weighted by atomic mass is 10.1. The van der Waals surface area contributed by atoms with Gasteiger partial charge in [-0.3, -0.25) is 0 Å². The minimum absolute atomic E-state index is 0.715. The normalized spacial score (nSPS) is 19.3. The van der Waals surface area contributed by atoms with Crippen LogP contribution in [0.15, 0.2) is 22.6 Å². The van der Waals surface area contributed by atoms with Crippen molar-refractivity contribution >= 4 is 11.1 Å². The van der Waals surface area contributed by atoms with Gasteiger partial charge in [0, 0.05) is 19.5 Å². The summed E-state index contributed by atoms with van der Waals surface area (Å²) >= 11 is 0. The summed E-state index contributed by atoms with van der Waals surface area (Å²) in [4.78, 5) is 4.31. The molecule has 1 fully saturated rings. The zero-order valence-corrected chi connectivity index (χ0v) is 11.4. The van der Waals surface area contributed by atoms with Crippen LogP contribution < -0.4 is 10.6 Å². The number of fused-ring (bicyclic) bond motifs is 1. The first-order valence-electron chi connectivity index (χ1n) is 7.11. The van der Waals surface area contributed by atoms with Crippen LogP contribution in [0.5, 0.6) is 0 Å². The molecular formula is C15H21N3O. The molecule has 2 aromatic rings. The lowest BCUT2D eigenvalue weighted by molar-refractivity contribution is 0.523. The van der Waals surface area contributed by atoms with E-state index in [4.69, 9.17) is 4.42 Å². The van der Waals surface area contributed by atoms with Crippen LogP contribution in [0.3, 0.4) is 0 Å². The van der Waals surface area contributed by atoms with Gasteiger partial charge in [-0.15, -0.1) is 0 Å². The number of hydrogen-bond donors (Lipinski definition) is 2. The highest BCUT2D eigenvalue weighted by Gasteiger charge is 2.12. The van der Waals surface area contributed by atoms with Crippen molar-refractivity contribution in [2.24, 2.45) is 0 Å². The molecule has 0 amide bonds. The summed E-state index contributed by atoms with van der Waals surface area (Å²) in [5, 5.41) is 7.02. The van der Waals surface area contributed by atoms with E-state index in [9.17, 15) is 0 Å². The Kier molecular flexibility index (Phi) is 3.80. The molecular weight excluding hydrogens is 238 g/mol. The van der Waals surface area contributed by atoms with Gasteiger partial charge < -0.3 is 15.1 Å². The van der Waals surface area contributed by atoms with E-state index in [-0.39, 0.29) is 0 Å². The molecule has 0 aliphatic carbocycles. The van der Waals surface area contributed by atoms with Gasteiger partial charge in [0.1, 0.15) is 5.52 Å². The van der Waals surface area contributed by atoms with Gasteiger partial charge in [-0.05, 0) is 50.0 Å². The highest BCUT2D eigenvalue weighted by atomic mass is 16.3. The van der Waals surface area contributed by atoms with E-state index < -0.39 is 0 Å². The minimum Gasteiger partial charge on any atom is -0.441 e. The van der Waals surface area contributed by atoms with Crippen LogP contribution in [-0.2, 0) is 6.54 Å². The summed E-state index contributed by atoms with van der Waals surface area (Å²) in [7, 11) is 0. The fourth-order valence-corrected chi connectivity index (χ4v) is 2.71. The minimum atomic E-state index is 0.715. The van der Waals surface area contributed by atoms with Crippen LogP contribution in [0, 0.1) is 6.92 Å². The van der Waals surface area contributed by atoms with Crippen LogP contribution in [-0.4, -0.2) is 24.1 Å².